The fraction of sp³-hybridized carbons (Fsp3) is 0.158. The SMILES string of the molecule is Cc1c(C)n(Cc2ccccc2)c2nc3ccccc3n2c1=O. The first-order valence-electron chi connectivity index (χ1n) is 7.68. The average Bonchev–Trinajstić information content (AvgIpc) is 2.97. The number of nitrogens with zero attached hydrogens (tertiary/aromatic N) is 3. The van der Waals surface area contributed by atoms with Gasteiger partial charge in [-0.15, -0.1) is 0 Å². The van der Waals surface area contributed by atoms with Crippen LogP contribution in [0.3, 0.4) is 0 Å². The third kappa shape index (κ3) is 2.06. The van der Waals surface area contributed by atoms with Crippen LogP contribution >= 0.6 is 0 Å². The van der Waals surface area contributed by atoms with E-state index in [-0.39, 0.29) is 5.56 Å². The minimum atomic E-state index is 0.00973. The first-order valence-corrected chi connectivity index (χ1v) is 7.68. The number of para-hydroxylation sites is 2. The number of rotatable bonds is 2. The van der Waals surface area contributed by atoms with E-state index < -0.39 is 0 Å². The molecule has 4 aromatic rings. The molecule has 2 heterocycles. The molecule has 0 amide bonds. The lowest BCUT2D eigenvalue weighted by molar-refractivity contribution is 0.742. The van der Waals surface area contributed by atoms with Crippen LogP contribution in [0, 0.1) is 13.8 Å². The average molecular weight is 303 g/mol. The molecule has 4 heteroatoms. The van der Waals surface area contributed by atoms with Crippen LogP contribution in [-0.4, -0.2) is 14.0 Å². The molecule has 0 bridgehead atoms. The van der Waals surface area contributed by atoms with E-state index in [2.05, 4.69) is 16.7 Å². The van der Waals surface area contributed by atoms with Crippen molar-refractivity contribution in [3.8, 4) is 0 Å². The Morgan fingerprint density at radius 2 is 1.65 bits per heavy atom. The van der Waals surface area contributed by atoms with Crippen molar-refractivity contribution in [1.82, 2.24) is 14.0 Å². The summed E-state index contributed by atoms with van der Waals surface area (Å²) in [5, 5.41) is 0. The predicted molar refractivity (Wildman–Crippen MR) is 92.0 cm³/mol. The summed E-state index contributed by atoms with van der Waals surface area (Å²) in [7, 11) is 0. The molecule has 0 radical (unpaired) electrons. The molecular formula is C19H17N3O. The normalized spacial score (nSPS) is 11.4. The largest absolute Gasteiger partial charge is 0.311 e. The first-order chi connectivity index (χ1) is 11.2. The third-order valence-corrected chi connectivity index (χ3v) is 4.44. The van der Waals surface area contributed by atoms with E-state index >= 15 is 0 Å². The second-order valence-corrected chi connectivity index (χ2v) is 5.82. The highest BCUT2D eigenvalue weighted by Gasteiger charge is 2.15. The summed E-state index contributed by atoms with van der Waals surface area (Å²) >= 11 is 0. The topological polar surface area (TPSA) is 39.3 Å². The summed E-state index contributed by atoms with van der Waals surface area (Å²) in [6, 6.07) is 18.0. The maximum Gasteiger partial charge on any atom is 0.262 e. The molecule has 0 saturated heterocycles. The minimum absolute atomic E-state index is 0.00973. The van der Waals surface area contributed by atoms with Crippen LogP contribution < -0.4 is 5.56 Å². The lowest BCUT2D eigenvalue weighted by Crippen LogP contribution is -2.23. The molecule has 2 aromatic heterocycles. The molecule has 0 saturated carbocycles. The zero-order valence-electron chi connectivity index (χ0n) is 13.2. The van der Waals surface area contributed by atoms with E-state index in [0.717, 1.165) is 22.3 Å². The predicted octanol–water partition coefficient (Wildman–Crippen LogP) is 3.31. The Morgan fingerprint density at radius 1 is 0.957 bits per heavy atom. The number of fused-ring (bicyclic) bond motifs is 3. The Morgan fingerprint density at radius 3 is 2.43 bits per heavy atom. The summed E-state index contributed by atoms with van der Waals surface area (Å²) in [5.41, 5.74) is 4.62. The van der Waals surface area contributed by atoms with E-state index in [1.807, 2.05) is 56.3 Å². The van der Waals surface area contributed by atoms with Crippen LogP contribution in [0.1, 0.15) is 16.8 Å². The zero-order valence-corrected chi connectivity index (χ0v) is 13.2. The van der Waals surface area contributed by atoms with Crippen molar-refractivity contribution in [3.05, 3.63) is 81.8 Å². The minimum Gasteiger partial charge on any atom is -0.311 e. The molecule has 0 spiro atoms. The monoisotopic (exact) mass is 303 g/mol. The number of aromatic nitrogens is 3. The van der Waals surface area contributed by atoms with E-state index in [0.29, 0.717) is 12.3 Å². The molecule has 0 aliphatic carbocycles. The highest BCUT2D eigenvalue weighted by atomic mass is 16.1. The fourth-order valence-corrected chi connectivity index (χ4v) is 3.02. The van der Waals surface area contributed by atoms with E-state index in [1.165, 1.54) is 5.56 Å². The summed E-state index contributed by atoms with van der Waals surface area (Å²) < 4.78 is 3.84. The number of hydrogen-bond donors (Lipinski definition) is 0. The maximum absolute atomic E-state index is 12.7. The second-order valence-electron chi connectivity index (χ2n) is 5.82. The molecule has 0 N–H and O–H groups in total. The highest BCUT2D eigenvalue weighted by Crippen LogP contribution is 2.18. The molecule has 0 fully saturated rings. The van der Waals surface area contributed by atoms with Gasteiger partial charge in [0, 0.05) is 11.3 Å². The number of hydrogen-bond acceptors (Lipinski definition) is 2. The summed E-state index contributed by atoms with van der Waals surface area (Å²) in [6.07, 6.45) is 0. The summed E-state index contributed by atoms with van der Waals surface area (Å²) in [5.74, 6) is 0.697. The molecule has 0 aliphatic rings. The second kappa shape index (κ2) is 5.09. The summed E-state index contributed by atoms with van der Waals surface area (Å²) in [4.78, 5) is 17.4. The van der Waals surface area contributed by atoms with E-state index in [4.69, 9.17) is 4.98 Å². The smallest absolute Gasteiger partial charge is 0.262 e. The third-order valence-electron chi connectivity index (χ3n) is 4.44. The molecule has 2 aromatic carbocycles. The Hall–Kier alpha value is -2.88. The fourth-order valence-electron chi connectivity index (χ4n) is 3.02. The van der Waals surface area contributed by atoms with Crippen LogP contribution in [0.4, 0.5) is 0 Å². The van der Waals surface area contributed by atoms with Gasteiger partial charge >= 0.3 is 0 Å². The van der Waals surface area contributed by atoms with E-state index in [9.17, 15) is 4.79 Å². The van der Waals surface area contributed by atoms with Crippen molar-refractivity contribution >= 4 is 16.8 Å². The lowest BCUT2D eigenvalue weighted by atomic mass is 10.2. The molecule has 4 rings (SSSR count). The quantitative estimate of drug-likeness (QED) is 0.570. The van der Waals surface area contributed by atoms with Gasteiger partial charge in [0.15, 0.2) is 0 Å². The first kappa shape index (κ1) is 13.8. The van der Waals surface area contributed by atoms with Crippen LogP contribution in [0.25, 0.3) is 16.8 Å². The van der Waals surface area contributed by atoms with Crippen molar-refractivity contribution in [2.45, 2.75) is 20.4 Å². The Balaban J connectivity index is 2.09. The Labute approximate surface area is 133 Å². The molecule has 0 aliphatic heterocycles. The lowest BCUT2D eigenvalue weighted by Gasteiger charge is -2.14. The van der Waals surface area contributed by atoms with Gasteiger partial charge in [0.1, 0.15) is 0 Å². The van der Waals surface area contributed by atoms with Crippen LogP contribution in [0.15, 0.2) is 59.4 Å². The maximum atomic E-state index is 12.7. The van der Waals surface area contributed by atoms with Crippen LogP contribution in [0.5, 0.6) is 0 Å². The Kier molecular flexibility index (Phi) is 3.05. The van der Waals surface area contributed by atoms with Gasteiger partial charge in [-0.1, -0.05) is 42.5 Å². The van der Waals surface area contributed by atoms with Crippen molar-refractivity contribution < 1.29 is 0 Å². The standard InChI is InChI=1S/C19H17N3O/c1-13-14(2)21(12-15-8-4-3-5-9-15)19-20-16-10-6-7-11-17(16)22(19)18(13)23/h3-11H,12H2,1-2H3. The molecular weight excluding hydrogens is 286 g/mol. The highest BCUT2D eigenvalue weighted by molar-refractivity contribution is 5.79. The van der Waals surface area contributed by atoms with Crippen molar-refractivity contribution in [3.63, 3.8) is 0 Å². The van der Waals surface area contributed by atoms with Crippen molar-refractivity contribution in [2.24, 2.45) is 0 Å². The molecule has 4 nitrogen and oxygen atoms in total. The van der Waals surface area contributed by atoms with Gasteiger partial charge < -0.3 is 4.57 Å². The van der Waals surface area contributed by atoms with Gasteiger partial charge in [0.25, 0.3) is 5.56 Å². The van der Waals surface area contributed by atoms with Gasteiger partial charge in [0.2, 0.25) is 5.78 Å². The molecule has 0 unspecified atom stereocenters. The summed E-state index contributed by atoms with van der Waals surface area (Å²) in [6.45, 7) is 4.56. The number of imidazole rings is 1. The molecule has 114 valence electrons. The van der Waals surface area contributed by atoms with Gasteiger partial charge in [-0.05, 0) is 31.5 Å². The van der Waals surface area contributed by atoms with E-state index in [1.54, 1.807) is 4.40 Å². The number of benzene rings is 2. The van der Waals surface area contributed by atoms with Crippen LogP contribution in [0.2, 0.25) is 0 Å². The van der Waals surface area contributed by atoms with Gasteiger partial charge in [-0.2, -0.15) is 0 Å². The van der Waals surface area contributed by atoms with Crippen molar-refractivity contribution in [1.29, 1.82) is 0 Å². The molecule has 23 heavy (non-hydrogen) atoms. The zero-order chi connectivity index (χ0) is 16.0. The van der Waals surface area contributed by atoms with Gasteiger partial charge in [-0.3, -0.25) is 4.79 Å². The van der Waals surface area contributed by atoms with Crippen molar-refractivity contribution in [2.75, 3.05) is 0 Å². The molecule has 0 atom stereocenters. The van der Waals surface area contributed by atoms with Gasteiger partial charge in [0.05, 0.1) is 17.6 Å². The Bertz CT molecular complexity index is 1070. The van der Waals surface area contributed by atoms with Crippen LogP contribution in [-0.2, 0) is 6.54 Å². The van der Waals surface area contributed by atoms with Gasteiger partial charge in [-0.25, -0.2) is 9.38 Å².